The van der Waals surface area contributed by atoms with Crippen LogP contribution in [0, 0.1) is 0 Å². The van der Waals surface area contributed by atoms with Crippen molar-refractivity contribution in [2.24, 2.45) is 0 Å². The highest BCUT2D eigenvalue weighted by atomic mass is 79.9. The van der Waals surface area contributed by atoms with Crippen LogP contribution in [0.3, 0.4) is 0 Å². The lowest BCUT2D eigenvalue weighted by molar-refractivity contribution is -0.137. The van der Waals surface area contributed by atoms with Gasteiger partial charge in [0.15, 0.2) is 0 Å². The molecule has 1 rings (SSSR count). The van der Waals surface area contributed by atoms with Crippen molar-refractivity contribution in [3.8, 4) is 0 Å². The van der Waals surface area contributed by atoms with E-state index in [0.29, 0.717) is 16.6 Å². The molecule has 0 amide bonds. The van der Waals surface area contributed by atoms with Crippen molar-refractivity contribution in [1.29, 1.82) is 0 Å². The topological polar surface area (TPSA) is 12.0 Å². The van der Waals surface area contributed by atoms with Crippen LogP contribution in [-0.4, -0.2) is 13.6 Å². The maximum atomic E-state index is 12.5. The Kier molecular flexibility index (Phi) is 4.56. The molecule has 1 aromatic rings. The number of alkyl halides is 3. The van der Waals surface area contributed by atoms with E-state index < -0.39 is 11.7 Å². The minimum atomic E-state index is -4.31. The fourth-order valence-corrected chi connectivity index (χ4v) is 1.70. The van der Waals surface area contributed by atoms with Crippen LogP contribution >= 0.6 is 15.9 Å². The Morgan fingerprint density at radius 1 is 1.31 bits per heavy atom. The number of benzene rings is 1. The molecule has 0 aliphatic carbocycles. The van der Waals surface area contributed by atoms with Gasteiger partial charge in [0.1, 0.15) is 0 Å². The predicted octanol–water partition coefficient (Wildman–Crippen LogP) is 3.70. The summed E-state index contributed by atoms with van der Waals surface area (Å²) in [5.74, 6) is 0. The molecule has 0 aromatic heterocycles. The minimum absolute atomic E-state index is 0.423. The normalized spacial score (nSPS) is 12.3. The van der Waals surface area contributed by atoms with E-state index >= 15 is 0 Å². The second kappa shape index (κ2) is 5.50. The molecule has 0 aliphatic rings. The fourth-order valence-electron chi connectivity index (χ4n) is 1.19. The first-order chi connectivity index (χ1) is 7.43. The van der Waals surface area contributed by atoms with Crippen LogP contribution in [-0.2, 0) is 6.18 Å². The Labute approximate surface area is 100 Å². The van der Waals surface area contributed by atoms with E-state index in [9.17, 15) is 13.2 Å². The van der Waals surface area contributed by atoms with Gasteiger partial charge < -0.3 is 5.32 Å². The molecule has 5 heteroatoms. The Morgan fingerprint density at radius 2 is 2.00 bits per heavy atom. The third-order valence-electron chi connectivity index (χ3n) is 1.88. The molecule has 1 nitrogen and oxygen atoms in total. The van der Waals surface area contributed by atoms with Gasteiger partial charge in [-0.05, 0) is 30.8 Å². The third-order valence-corrected chi connectivity index (χ3v) is 2.34. The van der Waals surface area contributed by atoms with Gasteiger partial charge >= 0.3 is 6.18 Å². The molecule has 88 valence electrons. The van der Waals surface area contributed by atoms with Gasteiger partial charge in [-0.25, -0.2) is 0 Å². The molecule has 0 fully saturated rings. The van der Waals surface area contributed by atoms with Crippen molar-refractivity contribution < 1.29 is 13.2 Å². The summed E-state index contributed by atoms with van der Waals surface area (Å²) < 4.78 is 37.9. The number of nitrogens with one attached hydrogen (secondary N) is 1. The second-order valence-corrected chi connectivity index (χ2v) is 4.15. The summed E-state index contributed by atoms with van der Waals surface area (Å²) in [6.45, 7) is 0.619. The predicted molar refractivity (Wildman–Crippen MR) is 62.1 cm³/mol. The highest BCUT2D eigenvalue weighted by Gasteiger charge is 2.30. The fraction of sp³-hybridized carbons (Fsp3) is 0.273. The molecule has 1 N–H and O–H groups in total. The van der Waals surface area contributed by atoms with Gasteiger partial charge in [0.2, 0.25) is 0 Å². The maximum Gasteiger partial charge on any atom is 0.416 e. The molecule has 0 saturated carbocycles. The number of rotatable bonds is 3. The third kappa shape index (κ3) is 3.98. The SMILES string of the molecule is CNCC=Cc1cc(Br)cc(C(F)(F)F)c1. The van der Waals surface area contributed by atoms with Gasteiger partial charge in [0.05, 0.1) is 5.56 Å². The van der Waals surface area contributed by atoms with E-state index in [2.05, 4.69) is 21.2 Å². The van der Waals surface area contributed by atoms with Gasteiger partial charge in [-0.3, -0.25) is 0 Å². The van der Waals surface area contributed by atoms with Gasteiger partial charge in [-0.2, -0.15) is 13.2 Å². The summed E-state index contributed by atoms with van der Waals surface area (Å²) in [6, 6.07) is 3.83. The first kappa shape index (κ1) is 13.3. The number of halogens is 4. The first-order valence-corrected chi connectivity index (χ1v) is 5.41. The van der Waals surface area contributed by atoms with Crippen LogP contribution in [0.1, 0.15) is 11.1 Å². The van der Waals surface area contributed by atoms with Crippen LogP contribution in [0.5, 0.6) is 0 Å². The standard InChI is InChI=1S/C11H11BrF3N/c1-16-4-2-3-8-5-9(11(13,14)15)7-10(12)6-8/h2-3,5-7,16H,4H2,1H3. The molecular weight excluding hydrogens is 283 g/mol. The van der Waals surface area contributed by atoms with Gasteiger partial charge in [-0.15, -0.1) is 0 Å². The zero-order valence-corrected chi connectivity index (χ0v) is 10.2. The quantitative estimate of drug-likeness (QED) is 0.896. The Balaban J connectivity index is 2.99. The van der Waals surface area contributed by atoms with E-state index in [1.807, 2.05) is 0 Å². The molecule has 0 unspecified atom stereocenters. The Hall–Kier alpha value is -0.810. The summed E-state index contributed by atoms with van der Waals surface area (Å²) >= 11 is 3.06. The molecule has 0 atom stereocenters. The zero-order valence-electron chi connectivity index (χ0n) is 8.61. The van der Waals surface area contributed by atoms with Crippen molar-refractivity contribution in [3.05, 3.63) is 39.9 Å². The van der Waals surface area contributed by atoms with E-state index in [0.717, 1.165) is 12.1 Å². The van der Waals surface area contributed by atoms with Crippen LogP contribution in [0.15, 0.2) is 28.7 Å². The lowest BCUT2D eigenvalue weighted by Gasteiger charge is -2.08. The molecule has 0 saturated heterocycles. The average Bonchev–Trinajstić information content (AvgIpc) is 2.16. The average molecular weight is 294 g/mol. The van der Waals surface area contributed by atoms with Gasteiger partial charge in [0.25, 0.3) is 0 Å². The summed E-state index contributed by atoms with van der Waals surface area (Å²) in [7, 11) is 1.77. The maximum absolute atomic E-state index is 12.5. The second-order valence-electron chi connectivity index (χ2n) is 3.23. The van der Waals surface area contributed by atoms with Crippen molar-refractivity contribution in [1.82, 2.24) is 5.32 Å². The van der Waals surface area contributed by atoms with E-state index in [-0.39, 0.29) is 0 Å². The van der Waals surface area contributed by atoms with Crippen molar-refractivity contribution in [3.63, 3.8) is 0 Å². The highest BCUT2D eigenvalue weighted by Crippen LogP contribution is 2.32. The molecule has 0 radical (unpaired) electrons. The van der Waals surface area contributed by atoms with Crippen LogP contribution in [0.2, 0.25) is 0 Å². The molecule has 1 aromatic carbocycles. The van der Waals surface area contributed by atoms with E-state index in [1.165, 1.54) is 0 Å². The van der Waals surface area contributed by atoms with Crippen molar-refractivity contribution in [2.45, 2.75) is 6.18 Å². The molecule has 0 heterocycles. The van der Waals surface area contributed by atoms with Gasteiger partial charge in [-0.1, -0.05) is 28.1 Å². The Bertz CT molecular complexity index is 385. The van der Waals surface area contributed by atoms with Crippen LogP contribution in [0.25, 0.3) is 6.08 Å². The molecular formula is C11H11BrF3N. The van der Waals surface area contributed by atoms with E-state index in [1.54, 1.807) is 25.3 Å². The van der Waals surface area contributed by atoms with Crippen molar-refractivity contribution in [2.75, 3.05) is 13.6 Å². The lowest BCUT2D eigenvalue weighted by atomic mass is 10.1. The largest absolute Gasteiger partial charge is 0.416 e. The number of hydrogen-bond acceptors (Lipinski definition) is 1. The minimum Gasteiger partial charge on any atom is -0.316 e. The van der Waals surface area contributed by atoms with E-state index in [4.69, 9.17) is 0 Å². The zero-order chi connectivity index (χ0) is 12.2. The highest BCUT2D eigenvalue weighted by molar-refractivity contribution is 9.10. The summed E-state index contributed by atoms with van der Waals surface area (Å²) in [4.78, 5) is 0. The van der Waals surface area contributed by atoms with Crippen molar-refractivity contribution >= 4 is 22.0 Å². The molecule has 0 spiro atoms. The summed E-state index contributed by atoms with van der Waals surface area (Å²) in [5, 5.41) is 2.88. The van der Waals surface area contributed by atoms with Crippen LogP contribution in [0.4, 0.5) is 13.2 Å². The molecule has 0 bridgehead atoms. The summed E-state index contributed by atoms with van der Waals surface area (Å²) in [5.41, 5.74) is -0.122. The lowest BCUT2D eigenvalue weighted by Crippen LogP contribution is -2.05. The Morgan fingerprint density at radius 3 is 2.56 bits per heavy atom. The molecule has 0 aliphatic heterocycles. The summed E-state index contributed by atoms with van der Waals surface area (Å²) in [6.07, 6.45) is -0.895. The number of likely N-dealkylation sites (N-methyl/N-ethyl adjacent to an activating group) is 1. The smallest absolute Gasteiger partial charge is 0.316 e. The van der Waals surface area contributed by atoms with Gasteiger partial charge in [0, 0.05) is 11.0 Å². The first-order valence-electron chi connectivity index (χ1n) is 4.62. The molecule has 16 heavy (non-hydrogen) atoms. The van der Waals surface area contributed by atoms with Crippen LogP contribution < -0.4 is 5.32 Å². The number of hydrogen-bond donors (Lipinski definition) is 1. The monoisotopic (exact) mass is 293 g/mol.